The Morgan fingerprint density at radius 1 is 1.54 bits per heavy atom. The van der Waals surface area contributed by atoms with Gasteiger partial charge in [0, 0.05) is 12.7 Å². The number of carbonyl (C=O) groups excluding carboxylic acids is 2. The fraction of sp³-hybridized carbons (Fsp3) is 0.750. The number of nitrogens with one attached hydrogen (secondary N) is 1. The van der Waals surface area contributed by atoms with Gasteiger partial charge in [-0.25, -0.2) is 4.79 Å². The number of methoxy groups -OCH3 is 1. The fourth-order valence-electron chi connectivity index (χ4n) is 0.792. The van der Waals surface area contributed by atoms with Crippen LogP contribution < -0.4 is 5.32 Å². The van der Waals surface area contributed by atoms with Crippen molar-refractivity contribution in [3.05, 3.63) is 0 Å². The van der Waals surface area contributed by atoms with Crippen molar-refractivity contribution in [2.45, 2.75) is 19.9 Å². The number of amides is 1. The molecule has 0 aromatic rings. The van der Waals surface area contributed by atoms with Gasteiger partial charge in [0.05, 0.1) is 7.11 Å². The Hall–Kier alpha value is -0.710. The molecule has 1 atom stereocenters. The van der Waals surface area contributed by atoms with E-state index >= 15 is 0 Å². The van der Waals surface area contributed by atoms with Crippen LogP contribution in [0.3, 0.4) is 0 Å². The molecule has 0 saturated carbocycles. The topological polar surface area (TPSA) is 55.4 Å². The summed E-state index contributed by atoms with van der Waals surface area (Å²) < 4.78 is 4.54. The summed E-state index contributed by atoms with van der Waals surface area (Å²) in [6, 6.07) is -0.521. The first-order valence-corrected chi connectivity index (χ1v) is 5.20. The van der Waals surface area contributed by atoms with Crippen LogP contribution in [0.5, 0.6) is 0 Å². The Morgan fingerprint density at radius 2 is 2.15 bits per heavy atom. The van der Waals surface area contributed by atoms with Crippen LogP contribution >= 0.6 is 11.8 Å². The van der Waals surface area contributed by atoms with Crippen molar-refractivity contribution in [3.8, 4) is 0 Å². The molecule has 1 amide bonds. The van der Waals surface area contributed by atoms with Crippen molar-refractivity contribution in [1.29, 1.82) is 0 Å². The second kappa shape index (κ2) is 6.77. The number of carbonyl (C=O) groups is 2. The molecule has 4 nitrogen and oxygen atoms in total. The number of ether oxygens (including phenoxy) is 1. The summed E-state index contributed by atoms with van der Waals surface area (Å²) in [4.78, 5) is 21.8. The van der Waals surface area contributed by atoms with Crippen LogP contribution in [-0.2, 0) is 14.3 Å². The van der Waals surface area contributed by atoms with Crippen LogP contribution in [0.15, 0.2) is 0 Å². The third-order valence-electron chi connectivity index (χ3n) is 1.35. The van der Waals surface area contributed by atoms with Gasteiger partial charge < -0.3 is 10.1 Å². The molecule has 1 N–H and O–H groups in total. The zero-order chi connectivity index (χ0) is 10.3. The predicted molar refractivity (Wildman–Crippen MR) is 52.6 cm³/mol. The number of hydrogen-bond acceptors (Lipinski definition) is 4. The van der Waals surface area contributed by atoms with E-state index in [0.717, 1.165) is 5.75 Å². The lowest BCUT2D eigenvalue weighted by molar-refractivity contribution is -0.144. The summed E-state index contributed by atoms with van der Waals surface area (Å²) in [7, 11) is 1.31. The zero-order valence-corrected chi connectivity index (χ0v) is 8.94. The van der Waals surface area contributed by atoms with Crippen LogP contribution in [0.1, 0.15) is 13.8 Å². The Balaban J connectivity index is 4.02. The van der Waals surface area contributed by atoms with Gasteiger partial charge in [-0.15, -0.1) is 0 Å². The first-order chi connectivity index (χ1) is 6.11. The minimum absolute atomic E-state index is 0.216. The van der Waals surface area contributed by atoms with Crippen LogP contribution in [0, 0.1) is 0 Å². The molecule has 0 aromatic heterocycles. The summed E-state index contributed by atoms with van der Waals surface area (Å²) in [6.07, 6.45) is 0. The van der Waals surface area contributed by atoms with E-state index in [0.29, 0.717) is 5.75 Å². The molecule has 76 valence electrons. The van der Waals surface area contributed by atoms with Crippen LogP contribution in [-0.4, -0.2) is 36.5 Å². The highest BCUT2D eigenvalue weighted by molar-refractivity contribution is 7.99. The number of rotatable bonds is 5. The molecule has 0 fully saturated rings. The minimum Gasteiger partial charge on any atom is -0.467 e. The van der Waals surface area contributed by atoms with E-state index in [2.05, 4.69) is 10.1 Å². The molecule has 13 heavy (non-hydrogen) atoms. The van der Waals surface area contributed by atoms with Crippen molar-refractivity contribution in [3.63, 3.8) is 0 Å². The van der Waals surface area contributed by atoms with Crippen LogP contribution in [0.2, 0.25) is 0 Å². The number of esters is 1. The van der Waals surface area contributed by atoms with E-state index in [1.54, 1.807) is 11.8 Å². The third-order valence-corrected chi connectivity index (χ3v) is 2.33. The van der Waals surface area contributed by atoms with Gasteiger partial charge in [-0.2, -0.15) is 11.8 Å². The van der Waals surface area contributed by atoms with E-state index in [4.69, 9.17) is 0 Å². The van der Waals surface area contributed by atoms with Crippen molar-refractivity contribution in [1.82, 2.24) is 5.32 Å². The molecule has 0 heterocycles. The molecule has 0 spiro atoms. The van der Waals surface area contributed by atoms with Crippen molar-refractivity contribution in [2.24, 2.45) is 0 Å². The van der Waals surface area contributed by atoms with E-state index in [9.17, 15) is 9.59 Å². The Morgan fingerprint density at radius 3 is 2.54 bits per heavy atom. The second-order valence-electron chi connectivity index (χ2n) is 2.44. The molecular formula is C8H15NO3S. The molecule has 0 aromatic carbocycles. The van der Waals surface area contributed by atoms with E-state index < -0.39 is 12.0 Å². The monoisotopic (exact) mass is 205 g/mol. The standard InChI is InChI=1S/C8H15NO3S/c1-4-13-5-7(8(11)12-3)9-6(2)10/h7H,4-5H2,1-3H3,(H,9,10). The lowest BCUT2D eigenvalue weighted by Gasteiger charge is -2.14. The van der Waals surface area contributed by atoms with Crippen LogP contribution in [0.4, 0.5) is 0 Å². The molecule has 0 rings (SSSR count). The van der Waals surface area contributed by atoms with Crippen molar-refractivity contribution < 1.29 is 14.3 Å². The summed E-state index contributed by atoms with van der Waals surface area (Å²) in [5, 5.41) is 2.53. The first kappa shape index (κ1) is 12.3. The fourth-order valence-corrected chi connectivity index (χ4v) is 1.48. The molecule has 0 saturated heterocycles. The Labute approximate surface area is 82.4 Å². The highest BCUT2D eigenvalue weighted by atomic mass is 32.2. The van der Waals surface area contributed by atoms with Crippen LogP contribution in [0.25, 0.3) is 0 Å². The normalized spacial score (nSPS) is 11.9. The zero-order valence-electron chi connectivity index (χ0n) is 8.12. The van der Waals surface area contributed by atoms with Crippen molar-refractivity contribution in [2.75, 3.05) is 18.6 Å². The molecule has 0 aliphatic rings. The SMILES string of the molecule is CCSCC(NC(C)=O)C(=O)OC. The van der Waals surface area contributed by atoms with Gasteiger partial charge in [-0.1, -0.05) is 6.92 Å². The van der Waals surface area contributed by atoms with E-state index in [-0.39, 0.29) is 5.91 Å². The summed E-state index contributed by atoms with van der Waals surface area (Å²) in [6.45, 7) is 3.37. The van der Waals surface area contributed by atoms with Gasteiger partial charge in [0.15, 0.2) is 0 Å². The van der Waals surface area contributed by atoms with Gasteiger partial charge in [0.25, 0.3) is 0 Å². The van der Waals surface area contributed by atoms with Crippen molar-refractivity contribution >= 4 is 23.6 Å². The number of thioether (sulfide) groups is 1. The average Bonchev–Trinajstić information content (AvgIpc) is 2.10. The largest absolute Gasteiger partial charge is 0.467 e. The first-order valence-electron chi connectivity index (χ1n) is 4.04. The smallest absolute Gasteiger partial charge is 0.329 e. The maximum absolute atomic E-state index is 11.1. The second-order valence-corrected chi connectivity index (χ2v) is 3.75. The van der Waals surface area contributed by atoms with Gasteiger partial charge in [-0.3, -0.25) is 4.79 Å². The maximum atomic E-state index is 11.1. The molecule has 0 bridgehead atoms. The average molecular weight is 205 g/mol. The molecule has 0 aliphatic heterocycles. The Bertz CT molecular complexity index is 184. The minimum atomic E-state index is -0.521. The van der Waals surface area contributed by atoms with E-state index in [1.165, 1.54) is 14.0 Å². The third kappa shape index (κ3) is 5.52. The summed E-state index contributed by atoms with van der Waals surface area (Å²) in [5.41, 5.74) is 0. The lowest BCUT2D eigenvalue weighted by atomic mass is 10.3. The molecule has 1 unspecified atom stereocenters. The highest BCUT2D eigenvalue weighted by Crippen LogP contribution is 2.03. The van der Waals surface area contributed by atoms with Gasteiger partial charge in [0.1, 0.15) is 6.04 Å². The number of hydrogen-bond donors (Lipinski definition) is 1. The quantitative estimate of drug-likeness (QED) is 0.661. The highest BCUT2D eigenvalue weighted by Gasteiger charge is 2.19. The van der Waals surface area contributed by atoms with E-state index in [1.807, 2.05) is 6.92 Å². The van der Waals surface area contributed by atoms with Gasteiger partial charge >= 0.3 is 5.97 Å². The summed E-state index contributed by atoms with van der Waals surface area (Å²) in [5.74, 6) is 0.860. The molecule has 0 aliphatic carbocycles. The molecular weight excluding hydrogens is 190 g/mol. The maximum Gasteiger partial charge on any atom is 0.329 e. The predicted octanol–water partition coefficient (Wildman–Crippen LogP) is 0.417. The lowest BCUT2D eigenvalue weighted by Crippen LogP contribution is -2.42. The van der Waals surface area contributed by atoms with Gasteiger partial charge in [0.2, 0.25) is 5.91 Å². The molecule has 0 radical (unpaired) electrons. The molecule has 5 heteroatoms. The summed E-state index contributed by atoms with van der Waals surface area (Å²) >= 11 is 1.59. The Kier molecular flexibility index (Phi) is 6.40. The van der Waals surface area contributed by atoms with Gasteiger partial charge in [-0.05, 0) is 5.75 Å².